The molecule has 3 heteroatoms. The molecule has 1 aliphatic heterocycles. The van der Waals surface area contributed by atoms with Gasteiger partial charge < -0.3 is 9.47 Å². The summed E-state index contributed by atoms with van der Waals surface area (Å²) in [6.07, 6.45) is 8.86. The smallest absolute Gasteiger partial charge is 0.161 e. The molecule has 1 heterocycles. The van der Waals surface area contributed by atoms with Gasteiger partial charge in [0.15, 0.2) is 11.5 Å². The Hall–Kier alpha value is -0.890. The molecule has 0 aliphatic carbocycles. The second-order valence-electron chi connectivity index (χ2n) is 5.43. The number of ether oxygens (including phenoxy) is 2. The number of halogens is 1. The zero-order valence-corrected chi connectivity index (χ0v) is 13.1. The van der Waals surface area contributed by atoms with E-state index in [-0.39, 0.29) is 5.38 Å². The van der Waals surface area contributed by atoms with Gasteiger partial charge in [-0.15, -0.1) is 11.6 Å². The Morgan fingerprint density at radius 1 is 1.00 bits per heavy atom. The van der Waals surface area contributed by atoms with E-state index in [0.717, 1.165) is 23.5 Å². The van der Waals surface area contributed by atoms with Crippen molar-refractivity contribution in [2.75, 3.05) is 13.2 Å². The van der Waals surface area contributed by atoms with Gasteiger partial charge >= 0.3 is 0 Å². The fourth-order valence-corrected chi connectivity index (χ4v) is 2.82. The molecule has 0 N–H and O–H groups in total. The molecule has 0 saturated carbocycles. The quantitative estimate of drug-likeness (QED) is 0.466. The van der Waals surface area contributed by atoms with Gasteiger partial charge in [-0.25, -0.2) is 0 Å². The first kappa shape index (κ1) is 15.5. The summed E-state index contributed by atoms with van der Waals surface area (Å²) in [5.74, 6) is 1.67. The lowest BCUT2D eigenvalue weighted by Crippen LogP contribution is -2.15. The molecule has 1 atom stereocenters. The summed E-state index contributed by atoms with van der Waals surface area (Å²) in [6, 6.07) is 6.06. The minimum absolute atomic E-state index is 0.0806. The molecule has 0 spiro atoms. The van der Waals surface area contributed by atoms with E-state index in [9.17, 15) is 0 Å². The average molecular weight is 297 g/mol. The number of alkyl halides is 1. The van der Waals surface area contributed by atoms with Crippen LogP contribution >= 0.6 is 11.6 Å². The molecule has 2 nitrogen and oxygen atoms in total. The standard InChI is InChI=1S/C17H25ClO2/c1-2-3-4-5-6-7-8-15(18)14-9-10-16-17(13-14)20-12-11-19-16/h9-10,13,15H,2-8,11-12H2,1H3. The highest BCUT2D eigenvalue weighted by atomic mass is 35.5. The summed E-state index contributed by atoms with van der Waals surface area (Å²) < 4.78 is 11.1. The van der Waals surface area contributed by atoms with Crippen molar-refractivity contribution < 1.29 is 9.47 Å². The number of rotatable bonds is 8. The van der Waals surface area contributed by atoms with E-state index in [4.69, 9.17) is 21.1 Å². The van der Waals surface area contributed by atoms with Crippen molar-refractivity contribution in [3.8, 4) is 11.5 Å². The van der Waals surface area contributed by atoms with Gasteiger partial charge in [0.2, 0.25) is 0 Å². The van der Waals surface area contributed by atoms with E-state index in [1.165, 1.54) is 38.5 Å². The minimum atomic E-state index is 0.0806. The number of hydrogen-bond donors (Lipinski definition) is 0. The number of fused-ring (bicyclic) bond motifs is 1. The predicted octanol–water partition coefficient (Wildman–Crippen LogP) is 5.49. The monoisotopic (exact) mass is 296 g/mol. The van der Waals surface area contributed by atoms with Gasteiger partial charge in [0.1, 0.15) is 13.2 Å². The summed E-state index contributed by atoms with van der Waals surface area (Å²) >= 11 is 6.49. The first-order valence-corrected chi connectivity index (χ1v) is 8.28. The van der Waals surface area contributed by atoms with Gasteiger partial charge in [0.25, 0.3) is 0 Å². The van der Waals surface area contributed by atoms with Crippen LogP contribution in [0, 0.1) is 0 Å². The molecule has 0 aromatic heterocycles. The summed E-state index contributed by atoms with van der Waals surface area (Å²) in [6.45, 7) is 3.51. The largest absolute Gasteiger partial charge is 0.486 e. The van der Waals surface area contributed by atoms with Crippen LogP contribution in [0.3, 0.4) is 0 Å². The second-order valence-corrected chi connectivity index (χ2v) is 5.95. The summed E-state index contributed by atoms with van der Waals surface area (Å²) in [7, 11) is 0. The fraction of sp³-hybridized carbons (Fsp3) is 0.647. The van der Waals surface area contributed by atoms with Crippen LogP contribution in [0.4, 0.5) is 0 Å². The Labute approximate surface area is 127 Å². The van der Waals surface area contributed by atoms with Crippen molar-refractivity contribution in [2.24, 2.45) is 0 Å². The molecule has 0 amide bonds. The van der Waals surface area contributed by atoms with Gasteiger partial charge in [-0.3, -0.25) is 0 Å². The Kier molecular flexibility index (Phi) is 6.52. The van der Waals surface area contributed by atoms with Crippen molar-refractivity contribution in [3.63, 3.8) is 0 Å². The van der Waals surface area contributed by atoms with Gasteiger partial charge in [0.05, 0.1) is 5.38 Å². The SMILES string of the molecule is CCCCCCCCC(Cl)c1ccc2c(c1)OCCO2. The maximum absolute atomic E-state index is 6.49. The molecule has 112 valence electrons. The average Bonchev–Trinajstić information content (AvgIpc) is 2.50. The lowest BCUT2D eigenvalue weighted by molar-refractivity contribution is 0.171. The van der Waals surface area contributed by atoms with Crippen LogP contribution in [0.5, 0.6) is 11.5 Å². The Balaban J connectivity index is 1.76. The topological polar surface area (TPSA) is 18.5 Å². The van der Waals surface area contributed by atoms with E-state index in [2.05, 4.69) is 13.0 Å². The lowest BCUT2D eigenvalue weighted by Gasteiger charge is -2.20. The van der Waals surface area contributed by atoms with Gasteiger partial charge in [-0.1, -0.05) is 51.5 Å². The zero-order chi connectivity index (χ0) is 14.2. The minimum Gasteiger partial charge on any atom is -0.486 e. The summed E-state index contributed by atoms with van der Waals surface area (Å²) in [5.41, 5.74) is 1.14. The molecule has 0 radical (unpaired) electrons. The Morgan fingerprint density at radius 2 is 1.70 bits per heavy atom. The first-order chi connectivity index (χ1) is 9.81. The number of unbranched alkanes of at least 4 members (excludes halogenated alkanes) is 5. The van der Waals surface area contributed by atoms with Crippen molar-refractivity contribution >= 4 is 11.6 Å². The summed E-state index contributed by atoms with van der Waals surface area (Å²) in [5, 5.41) is 0.0806. The highest BCUT2D eigenvalue weighted by Gasteiger charge is 2.15. The van der Waals surface area contributed by atoms with Crippen LogP contribution in [-0.4, -0.2) is 13.2 Å². The van der Waals surface area contributed by atoms with Crippen LogP contribution in [-0.2, 0) is 0 Å². The molecule has 0 bridgehead atoms. The molecule has 0 saturated heterocycles. The Bertz CT molecular complexity index is 406. The third-order valence-corrected chi connectivity index (χ3v) is 4.21. The lowest BCUT2D eigenvalue weighted by atomic mass is 10.0. The van der Waals surface area contributed by atoms with Crippen LogP contribution in [0.15, 0.2) is 18.2 Å². The van der Waals surface area contributed by atoms with Crippen LogP contribution in [0.25, 0.3) is 0 Å². The maximum atomic E-state index is 6.49. The van der Waals surface area contributed by atoms with E-state index in [1.54, 1.807) is 0 Å². The second kappa shape index (κ2) is 8.41. The van der Waals surface area contributed by atoms with Gasteiger partial charge in [-0.2, -0.15) is 0 Å². The molecule has 20 heavy (non-hydrogen) atoms. The number of benzene rings is 1. The molecule has 2 rings (SSSR count). The summed E-state index contributed by atoms with van der Waals surface area (Å²) in [4.78, 5) is 0. The van der Waals surface area contributed by atoms with Gasteiger partial charge in [0, 0.05) is 0 Å². The molecule has 0 fully saturated rings. The van der Waals surface area contributed by atoms with Crippen molar-refractivity contribution in [2.45, 2.75) is 57.2 Å². The molecule has 1 aromatic rings. The highest BCUT2D eigenvalue weighted by Crippen LogP contribution is 2.35. The van der Waals surface area contributed by atoms with Crippen LogP contribution < -0.4 is 9.47 Å². The fourth-order valence-electron chi connectivity index (χ4n) is 2.53. The molecule has 1 aromatic carbocycles. The van der Waals surface area contributed by atoms with Crippen LogP contribution in [0.2, 0.25) is 0 Å². The maximum Gasteiger partial charge on any atom is 0.161 e. The van der Waals surface area contributed by atoms with Crippen molar-refractivity contribution in [1.82, 2.24) is 0 Å². The van der Waals surface area contributed by atoms with Crippen LogP contribution in [0.1, 0.15) is 62.8 Å². The first-order valence-electron chi connectivity index (χ1n) is 7.85. The molecule has 1 aliphatic rings. The zero-order valence-electron chi connectivity index (χ0n) is 12.4. The van der Waals surface area contributed by atoms with Crippen molar-refractivity contribution in [1.29, 1.82) is 0 Å². The van der Waals surface area contributed by atoms with Crippen molar-refractivity contribution in [3.05, 3.63) is 23.8 Å². The van der Waals surface area contributed by atoms with E-state index < -0.39 is 0 Å². The predicted molar refractivity (Wildman–Crippen MR) is 84.0 cm³/mol. The third kappa shape index (κ3) is 4.59. The van der Waals surface area contributed by atoms with Gasteiger partial charge in [-0.05, 0) is 24.1 Å². The molecular formula is C17H25ClO2. The number of hydrogen-bond acceptors (Lipinski definition) is 2. The highest BCUT2D eigenvalue weighted by molar-refractivity contribution is 6.20. The molecule has 1 unspecified atom stereocenters. The van der Waals surface area contributed by atoms with E-state index >= 15 is 0 Å². The van der Waals surface area contributed by atoms with E-state index in [1.807, 2.05) is 12.1 Å². The normalized spacial score (nSPS) is 15.1. The Morgan fingerprint density at radius 3 is 2.50 bits per heavy atom. The third-order valence-electron chi connectivity index (χ3n) is 3.74. The molecular weight excluding hydrogens is 272 g/mol. The van der Waals surface area contributed by atoms with E-state index in [0.29, 0.717) is 13.2 Å².